The lowest BCUT2D eigenvalue weighted by molar-refractivity contribution is 0.281. The van der Waals surface area contributed by atoms with Gasteiger partial charge in [-0.1, -0.05) is 62.9 Å². The Hall–Kier alpha value is -1.88. The van der Waals surface area contributed by atoms with Gasteiger partial charge in [-0.15, -0.1) is 0 Å². The van der Waals surface area contributed by atoms with Crippen molar-refractivity contribution in [3.63, 3.8) is 0 Å². The average molecular weight is 481 g/mol. The molecule has 0 bridgehead atoms. The third-order valence-electron chi connectivity index (χ3n) is 4.30. The summed E-state index contributed by atoms with van der Waals surface area (Å²) in [4.78, 5) is 0. The Kier molecular flexibility index (Phi) is 7.11. The molecular formula is C22H20BrCl2NO2. The lowest BCUT2D eigenvalue weighted by Gasteiger charge is -2.18. The van der Waals surface area contributed by atoms with Crippen molar-refractivity contribution in [2.45, 2.75) is 20.1 Å². The molecule has 0 fully saturated rings. The molecular weight excluding hydrogens is 461 g/mol. The highest BCUT2D eigenvalue weighted by Gasteiger charge is 2.15. The van der Waals surface area contributed by atoms with Crippen LogP contribution in [0.5, 0.6) is 11.5 Å². The summed E-state index contributed by atoms with van der Waals surface area (Å²) in [7, 11) is 1.63. The number of rotatable bonds is 7. The van der Waals surface area contributed by atoms with E-state index in [1.807, 2.05) is 18.2 Å². The Bertz CT molecular complexity index is 961. The number of hydrogen-bond acceptors (Lipinski definition) is 3. The number of anilines is 1. The van der Waals surface area contributed by atoms with E-state index in [-0.39, 0.29) is 0 Å². The number of benzene rings is 3. The lowest BCUT2D eigenvalue weighted by Crippen LogP contribution is -2.06. The molecule has 0 spiro atoms. The Morgan fingerprint density at radius 1 is 1.00 bits per heavy atom. The minimum Gasteiger partial charge on any atom is -0.493 e. The Morgan fingerprint density at radius 3 is 2.43 bits per heavy atom. The predicted octanol–water partition coefficient (Wildman–Crippen LogP) is 7.26. The van der Waals surface area contributed by atoms with Gasteiger partial charge in [0.15, 0.2) is 11.5 Å². The Balaban J connectivity index is 1.83. The van der Waals surface area contributed by atoms with Crippen molar-refractivity contribution in [1.29, 1.82) is 0 Å². The van der Waals surface area contributed by atoms with Gasteiger partial charge in [0.1, 0.15) is 6.61 Å². The van der Waals surface area contributed by atoms with Gasteiger partial charge in [0.05, 0.1) is 7.11 Å². The highest BCUT2D eigenvalue weighted by Crippen LogP contribution is 2.37. The quantitative estimate of drug-likeness (QED) is 0.385. The van der Waals surface area contributed by atoms with E-state index in [9.17, 15) is 0 Å². The fraction of sp³-hybridized carbons (Fsp3) is 0.182. The van der Waals surface area contributed by atoms with Crippen molar-refractivity contribution in [3.8, 4) is 11.5 Å². The molecule has 3 aromatic carbocycles. The van der Waals surface area contributed by atoms with Crippen LogP contribution in [0, 0.1) is 6.92 Å². The van der Waals surface area contributed by atoms with Crippen molar-refractivity contribution in [2.75, 3.05) is 12.4 Å². The summed E-state index contributed by atoms with van der Waals surface area (Å²) in [5.41, 5.74) is 4.07. The molecule has 146 valence electrons. The van der Waals surface area contributed by atoms with Crippen molar-refractivity contribution >= 4 is 44.8 Å². The minimum atomic E-state index is 0.306. The monoisotopic (exact) mass is 479 g/mol. The normalized spacial score (nSPS) is 10.6. The summed E-state index contributed by atoms with van der Waals surface area (Å²) in [6.45, 7) is 2.95. The van der Waals surface area contributed by atoms with Gasteiger partial charge in [0, 0.05) is 37.9 Å². The molecule has 0 aliphatic heterocycles. The van der Waals surface area contributed by atoms with E-state index < -0.39 is 0 Å². The molecule has 3 nitrogen and oxygen atoms in total. The molecule has 6 heteroatoms. The molecule has 1 N–H and O–H groups in total. The second-order valence-corrected chi connectivity index (χ2v) is 8.00. The number of hydrogen-bond donors (Lipinski definition) is 1. The molecule has 0 unspecified atom stereocenters. The van der Waals surface area contributed by atoms with Crippen molar-refractivity contribution in [3.05, 3.63) is 85.8 Å². The first-order valence-electron chi connectivity index (χ1n) is 8.70. The highest BCUT2D eigenvalue weighted by molar-refractivity contribution is 9.10. The van der Waals surface area contributed by atoms with Crippen LogP contribution in [-0.4, -0.2) is 7.11 Å². The fourth-order valence-corrected chi connectivity index (χ4v) is 3.63. The minimum absolute atomic E-state index is 0.306. The molecule has 3 aromatic rings. The zero-order chi connectivity index (χ0) is 20.1. The van der Waals surface area contributed by atoms with E-state index in [1.54, 1.807) is 19.2 Å². The second kappa shape index (κ2) is 9.55. The molecule has 0 amide bonds. The van der Waals surface area contributed by atoms with Crippen LogP contribution in [0.1, 0.15) is 16.7 Å². The zero-order valence-electron chi connectivity index (χ0n) is 15.6. The van der Waals surface area contributed by atoms with Crippen LogP contribution in [0.4, 0.5) is 5.69 Å². The average Bonchev–Trinajstić information content (AvgIpc) is 2.68. The van der Waals surface area contributed by atoms with Gasteiger partial charge in [-0.3, -0.25) is 0 Å². The first-order chi connectivity index (χ1) is 13.5. The highest BCUT2D eigenvalue weighted by atomic mass is 79.9. The number of nitrogens with one attached hydrogen (secondary N) is 1. The molecule has 0 aliphatic rings. The van der Waals surface area contributed by atoms with Crippen LogP contribution in [0.25, 0.3) is 0 Å². The summed E-state index contributed by atoms with van der Waals surface area (Å²) >= 11 is 15.9. The molecule has 3 rings (SSSR count). The summed E-state index contributed by atoms with van der Waals surface area (Å²) in [5, 5.41) is 4.59. The summed E-state index contributed by atoms with van der Waals surface area (Å²) in [5.74, 6) is 1.33. The molecule has 28 heavy (non-hydrogen) atoms. The fourth-order valence-electron chi connectivity index (χ4n) is 2.72. The summed E-state index contributed by atoms with van der Waals surface area (Å²) < 4.78 is 12.6. The van der Waals surface area contributed by atoms with E-state index >= 15 is 0 Å². The smallest absolute Gasteiger partial charge is 0.167 e. The van der Waals surface area contributed by atoms with Crippen LogP contribution < -0.4 is 14.8 Å². The SMILES string of the molecule is COc1ccc(Br)c(CNc2ccc(C)cc2)c1OCc1ccc(Cl)cc1Cl. The van der Waals surface area contributed by atoms with Gasteiger partial charge in [0.25, 0.3) is 0 Å². The van der Waals surface area contributed by atoms with Crippen molar-refractivity contribution in [1.82, 2.24) is 0 Å². The number of halogens is 3. The molecule has 0 aliphatic carbocycles. The molecule has 0 saturated heterocycles. The number of methoxy groups -OCH3 is 1. The van der Waals surface area contributed by atoms with Gasteiger partial charge in [-0.25, -0.2) is 0 Å². The van der Waals surface area contributed by atoms with E-state index in [1.165, 1.54) is 5.56 Å². The maximum absolute atomic E-state index is 6.28. The third-order valence-corrected chi connectivity index (χ3v) is 5.62. The van der Waals surface area contributed by atoms with E-state index in [4.69, 9.17) is 32.7 Å². The molecule has 0 saturated carbocycles. The maximum atomic E-state index is 6.28. The second-order valence-electron chi connectivity index (χ2n) is 6.30. The Labute approximate surface area is 183 Å². The van der Waals surface area contributed by atoms with Crippen LogP contribution >= 0.6 is 39.1 Å². The molecule has 0 atom stereocenters. The van der Waals surface area contributed by atoms with E-state index in [0.29, 0.717) is 34.7 Å². The van der Waals surface area contributed by atoms with Crippen LogP contribution in [0.2, 0.25) is 10.0 Å². The standard InChI is InChI=1S/C22H20BrCl2NO2/c1-14-3-7-17(8-4-14)26-12-18-19(23)9-10-21(27-2)22(18)28-13-15-5-6-16(24)11-20(15)25/h3-11,26H,12-13H2,1-2H3. The summed E-state index contributed by atoms with van der Waals surface area (Å²) in [6.07, 6.45) is 0. The van der Waals surface area contributed by atoms with Crippen molar-refractivity contribution in [2.24, 2.45) is 0 Å². The first kappa shape index (κ1) is 20.8. The molecule has 0 radical (unpaired) electrons. The number of ether oxygens (including phenoxy) is 2. The predicted molar refractivity (Wildman–Crippen MR) is 120 cm³/mol. The van der Waals surface area contributed by atoms with Gasteiger partial charge in [0.2, 0.25) is 0 Å². The molecule has 0 aromatic heterocycles. The van der Waals surface area contributed by atoms with E-state index in [0.717, 1.165) is 21.3 Å². The largest absolute Gasteiger partial charge is 0.493 e. The van der Waals surface area contributed by atoms with Gasteiger partial charge in [-0.05, 0) is 43.3 Å². The zero-order valence-corrected chi connectivity index (χ0v) is 18.7. The van der Waals surface area contributed by atoms with Gasteiger partial charge >= 0.3 is 0 Å². The lowest BCUT2D eigenvalue weighted by atomic mass is 10.1. The van der Waals surface area contributed by atoms with E-state index in [2.05, 4.69) is 52.4 Å². The van der Waals surface area contributed by atoms with Crippen LogP contribution in [-0.2, 0) is 13.2 Å². The topological polar surface area (TPSA) is 30.5 Å². The van der Waals surface area contributed by atoms with Crippen molar-refractivity contribution < 1.29 is 9.47 Å². The van der Waals surface area contributed by atoms with Crippen LogP contribution in [0.15, 0.2) is 59.1 Å². The maximum Gasteiger partial charge on any atom is 0.167 e. The van der Waals surface area contributed by atoms with Gasteiger partial charge < -0.3 is 14.8 Å². The Morgan fingerprint density at radius 2 is 1.75 bits per heavy atom. The molecule has 0 heterocycles. The third kappa shape index (κ3) is 5.13. The van der Waals surface area contributed by atoms with Gasteiger partial charge in [-0.2, -0.15) is 0 Å². The summed E-state index contributed by atoms with van der Waals surface area (Å²) in [6, 6.07) is 17.4. The van der Waals surface area contributed by atoms with Crippen LogP contribution in [0.3, 0.4) is 0 Å². The first-order valence-corrected chi connectivity index (χ1v) is 10.3. The number of aryl methyl sites for hydroxylation is 1.